The van der Waals surface area contributed by atoms with Gasteiger partial charge in [0, 0.05) is 18.9 Å². The molecule has 0 unspecified atom stereocenters. The van der Waals surface area contributed by atoms with Crippen molar-refractivity contribution in [2.24, 2.45) is 0 Å². The average molecular weight is 301 g/mol. The van der Waals surface area contributed by atoms with Crippen molar-refractivity contribution in [3.8, 4) is 5.75 Å². The molecule has 2 heterocycles. The second kappa shape index (κ2) is 6.77. The molecule has 0 saturated carbocycles. The second-order valence-electron chi connectivity index (χ2n) is 5.18. The quantitative estimate of drug-likeness (QED) is 0.596. The Labute approximate surface area is 129 Å². The Kier molecular flexibility index (Phi) is 4.56. The summed E-state index contributed by atoms with van der Waals surface area (Å²) in [6.45, 7) is 1.24. The van der Waals surface area contributed by atoms with E-state index in [2.05, 4.69) is 6.08 Å². The fraction of sp³-hybridized carbons (Fsp3) is 0.353. The van der Waals surface area contributed by atoms with Crippen LogP contribution < -0.4 is 9.64 Å². The fourth-order valence-corrected chi connectivity index (χ4v) is 2.70. The van der Waals surface area contributed by atoms with Crippen molar-refractivity contribution < 1.29 is 19.0 Å². The van der Waals surface area contributed by atoms with E-state index in [1.807, 2.05) is 29.2 Å². The number of hydrogen-bond donors (Lipinski definition) is 0. The van der Waals surface area contributed by atoms with Gasteiger partial charge in [-0.3, -0.25) is 4.79 Å². The third-order valence-electron chi connectivity index (χ3n) is 3.73. The summed E-state index contributed by atoms with van der Waals surface area (Å²) in [7, 11) is 1.63. The molecule has 0 saturated heterocycles. The number of methoxy groups -OCH3 is 1. The van der Waals surface area contributed by atoms with E-state index in [4.69, 9.17) is 14.2 Å². The van der Waals surface area contributed by atoms with E-state index >= 15 is 0 Å². The number of fused-ring (bicyclic) bond motifs is 3. The van der Waals surface area contributed by atoms with Crippen molar-refractivity contribution >= 4 is 11.6 Å². The van der Waals surface area contributed by atoms with Crippen LogP contribution in [-0.4, -0.2) is 39.1 Å². The Balaban J connectivity index is 1.67. The van der Waals surface area contributed by atoms with Crippen molar-refractivity contribution in [1.29, 1.82) is 0 Å². The Morgan fingerprint density at radius 1 is 1.27 bits per heavy atom. The van der Waals surface area contributed by atoms with Gasteiger partial charge >= 0.3 is 0 Å². The molecule has 5 nitrogen and oxygen atoms in total. The zero-order valence-corrected chi connectivity index (χ0v) is 12.5. The number of ether oxygens (including phenoxy) is 3. The summed E-state index contributed by atoms with van der Waals surface area (Å²) < 4.78 is 15.8. The Bertz CT molecular complexity index is 609. The number of carbonyl (C=O) groups excluding carboxylic acids is 1. The predicted octanol–water partition coefficient (Wildman–Crippen LogP) is 2.07. The average Bonchev–Trinajstić information content (AvgIpc) is 2.79. The van der Waals surface area contributed by atoms with Gasteiger partial charge < -0.3 is 19.1 Å². The number of anilines is 1. The van der Waals surface area contributed by atoms with Crippen molar-refractivity contribution in [3.05, 3.63) is 48.1 Å². The molecule has 2 aliphatic rings. The lowest BCUT2D eigenvalue weighted by atomic mass is 10.1. The maximum atomic E-state index is 12.2. The van der Waals surface area contributed by atoms with Gasteiger partial charge in [-0.25, -0.2) is 0 Å². The highest BCUT2D eigenvalue weighted by Crippen LogP contribution is 2.36. The molecule has 2 aliphatic heterocycles. The van der Waals surface area contributed by atoms with Gasteiger partial charge in [0.25, 0.3) is 5.91 Å². The van der Waals surface area contributed by atoms with E-state index in [9.17, 15) is 4.79 Å². The highest BCUT2D eigenvalue weighted by atomic mass is 16.7. The minimum Gasteiger partial charge on any atom is -0.468 e. The molecule has 0 fully saturated rings. The number of amides is 1. The van der Waals surface area contributed by atoms with Gasteiger partial charge in [-0.2, -0.15) is 0 Å². The summed E-state index contributed by atoms with van der Waals surface area (Å²) in [5, 5.41) is 0. The lowest BCUT2D eigenvalue weighted by Gasteiger charge is -2.20. The lowest BCUT2D eigenvalue weighted by Crippen LogP contribution is -2.34. The van der Waals surface area contributed by atoms with Gasteiger partial charge in [0.05, 0.1) is 19.3 Å². The Morgan fingerprint density at radius 3 is 3.05 bits per heavy atom. The smallest absolute Gasteiger partial charge is 0.251 e. The number of nitrogens with zero attached hydrogens (tertiary/aromatic N) is 1. The summed E-state index contributed by atoms with van der Waals surface area (Å²) >= 11 is 0. The monoisotopic (exact) mass is 301 g/mol. The molecule has 116 valence electrons. The first-order valence-corrected chi connectivity index (χ1v) is 7.30. The fourth-order valence-electron chi connectivity index (χ4n) is 2.70. The number of benzene rings is 1. The maximum absolute atomic E-state index is 12.2. The van der Waals surface area contributed by atoms with Gasteiger partial charge in [0.1, 0.15) is 5.75 Å². The van der Waals surface area contributed by atoms with Crippen LogP contribution in [0.4, 0.5) is 5.69 Å². The first-order valence-electron chi connectivity index (χ1n) is 7.30. The molecule has 1 aromatic rings. The largest absolute Gasteiger partial charge is 0.468 e. The van der Waals surface area contributed by atoms with E-state index in [0.29, 0.717) is 13.2 Å². The van der Waals surface area contributed by atoms with Crippen LogP contribution in [0.3, 0.4) is 0 Å². The molecule has 1 aromatic carbocycles. The normalized spacial score (nSPS) is 19.0. The molecule has 1 atom stereocenters. The highest BCUT2D eigenvalue weighted by Gasteiger charge is 2.32. The van der Waals surface area contributed by atoms with Crippen LogP contribution in [0.2, 0.25) is 0 Å². The van der Waals surface area contributed by atoms with Crippen LogP contribution >= 0.6 is 0 Å². The SMILES string of the molecule is COCCOCOc1ccc2c(c1)C[C@H]1C=CC=CC(=O)N21. The Hall–Kier alpha value is -2.11. The molecule has 5 heteroatoms. The van der Waals surface area contributed by atoms with E-state index < -0.39 is 0 Å². The first kappa shape index (κ1) is 14.8. The van der Waals surface area contributed by atoms with E-state index in [1.54, 1.807) is 19.3 Å². The van der Waals surface area contributed by atoms with Crippen molar-refractivity contribution in [2.45, 2.75) is 12.5 Å². The molecule has 0 bridgehead atoms. The standard InChI is InChI=1S/C17H19NO4/c1-20-8-9-21-12-22-15-6-7-16-13(11-15)10-14-4-2-3-5-17(19)18(14)16/h2-7,11,14H,8-10,12H2,1H3/t14-/m1/s1. The summed E-state index contributed by atoms with van der Waals surface area (Å²) in [4.78, 5) is 14.0. The van der Waals surface area contributed by atoms with Crippen LogP contribution in [0, 0.1) is 0 Å². The molecule has 0 aliphatic carbocycles. The van der Waals surface area contributed by atoms with Gasteiger partial charge in [0.15, 0.2) is 6.79 Å². The number of hydrogen-bond acceptors (Lipinski definition) is 4. The summed E-state index contributed by atoms with van der Waals surface area (Å²) in [6.07, 6.45) is 8.17. The number of carbonyl (C=O) groups is 1. The zero-order chi connectivity index (χ0) is 15.4. The summed E-state index contributed by atoms with van der Waals surface area (Å²) in [5.74, 6) is 0.770. The summed E-state index contributed by atoms with van der Waals surface area (Å²) in [5.41, 5.74) is 2.08. The van der Waals surface area contributed by atoms with Gasteiger partial charge in [-0.05, 0) is 30.2 Å². The first-order chi connectivity index (χ1) is 10.8. The minimum absolute atomic E-state index is 0.0188. The molecule has 0 aromatic heterocycles. The molecule has 0 spiro atoms. The molecule has 0 radical (unpaired) electrons. The maximum Gasteiger partial charge on any atom is 0.251 e. The topological polar surface area (TPSA) is 48.0 Å². The third kappa shape index (κ3) is 3.05. The third-order valence-corrected chi connectivity index (χ3v) is 3.73. The number of allylic oxidation sites excluding steroid dienone is 2. The summed E-state index contributed by atoms with van der Waals surface area (Å²) in [6, 6.07) is 5.87. The van der Waals surface area contributed by atoms with Gasteiger partial charge in [-0.1, -0.05) is 18.2 Å². The molecular formula is C17H19NO4. The molecule has 3 rings (SSSR count). The van der Waals surface area contributed by atoms with Gasteiger partial charge in [-0.15, -0.1) is 0 Å². The van der Waals surface area contributed by atoms with Crippen LogP contribution in [0.15, 0.2) is 42.5 Å². The van der Waals surface area contributed by atoms with Crippen LogP contribution in [-0.2, 0) is 20.7 Å². The predicted molar refractivity (Wildman–Crippen MR) is 83.0 cm³/mol. The molecule has 0 N–H and O–H groups in total. The lowest BCUT2D eigenvalue weighted by molar-refractivity contribution is -0.114. The molecule has 22 heavy (non-hydrogen) atoms. The van der Waals surface area contributed by atoms with Crippen molar-refractivity contribution in [1.82, 2.24) is 0 Å². The molecule has 1 amide bonds. The zero-order valence-electron chi connectivity index (χ0n) is 12.5. The van der Waals surface area contributed by atoms with Crippen LogP contribution in [0.5, 0.6) is 5.75 Å². The van der Waals surface area contributed by atoms with Crippen LogP contribution in [0.1, 0.15) is 5.56 Å². The van der Waals surface area contributed by atoms with E-state index in [-0.39, 0.29) is 18.7 Å². The minimum atomic E-state index is 0.0188. The second-order valence-corrected chi connectivity index (χ2v) is 5.18. The van der Waals surface area contributed by atoms with E-state index in [0.717, 1.165) is 23.4 Å². The number of rotatable bonds is 6. The highest BCUT2D eigenvalue weighted by molar-refractivity contribution is 6.04. The molecular weight excluding hydrogens is 282 g/mol. The van der Waals surface area contributed by atoms with Gasteiger partial charge in [0.2, 0.25) is 0 Å². The Morgan fingerprint density at radius 2 is 2.18 bits per heavy atom. The van der Waals surface area contributed by atoms with Crippen molar-refractivity contribution in [3.63, 3.8) is 0 Å². The van der Waals surface area contributed by atoms with Crippen LogP contribution in [0.25, 0.3) is 0 Å². The van der Waals surface area contributed by atoms with Crippen molar-refractivity contribution in [2.75, 3.05) is 32.0 Å². The van der Waals surface area contributed by atoms with E-state index in [1.165, 1.54) is 0 Å².